The lowest BCUT2D eigenvalue weighted by Crippen LogP contribution is -2.29. The van der Waals surface area contributed by atoms with Gasteiger partial charge in [0.2, 0.25) is 5.91 Å². The number of rotatable bonds is 9. The summed E-state index contributed by atoms with van der Waals surface area (Å²) in [6.07, 6.45) is 4.38. The number of nitrogens with one attached hydrogen (secondary N) is 2. The molecular weight excluding hydrogens is 591 g/mol. The van der Waals surface area contributed by atoms with Gasteiger partial charge >= 0.3 is 6.09 Å². The van der Waals surface area contributed by atoms with Crippen LogP contribution in [0.5, 0.6) is 0 Å². The minimum absolute atomic E-state index is 0.193. The Balaban J connectivity index is 1.42. The van der Waals surface area contributed by atoms with Crippen molar-refractivity contribution in [1.82, 2.24) is 35.7 Å². The van der Waals surface area contributed by atoms with Gasteiger partial charge in [-0.05, 0) is 70.4 Å². The van der Waals surface area contributed by atoms with E-state index >= 15 is 0 Å². The molecule has 2 amide bonds. The predicted octanol–water partition coefficient (Wildman–Crippen LogP) is 5.72. The van der Waals surface area contributed by atoms with Gasteiger partial charge in [-0.2, -0.15) is 9.78 Å². The number of ether oxygens (including phenoxy) is 1. The molecule has 0 spiro atoms. The maximum absolute atomic E-state index is 13.2. The quantitative estimate of drug-likeness (QED) is 0.201. The number of hydrogen-bond acceptors (Lipinski definition) is 8. The van der Waals surface area contributed by atoms with E-state index in [0.29, 0.717) is 39.6 Å². The molecule has 0 fully saturated rings. The molecule has 5 rings (SSSR count). The summed E-state index contributed by atoms with van der Waals surface area (Å²) < 4.78 is 6.12. The Morgan fingerprint density at radius 2 is 1.79 bits per heavy atom. The predicted molar refractivity (Wildman–Crippen MR) is 163 cm³/mol. The Labute approximate surface area is 256 Å². The van der Waals surface area contributed by atoms with Crippen molar-refractivity contribution in [3.63, 3.8) is 0 Å². The van der Waals surface area contributed by atoms with E-state index in [1.807, 2.05) is 30.3 Å². The van der Waals surface area contributed by atoms with Crippen LogP contribution in [0, 0.1) is 0 Å². The molecule has 0 bridgehead atoms. The van der Waals surface area contributed by atoms with Crippen LogP contribution >= 0.6 is 23.2 Å². The molecule has 3 aromatic carbocycles. The molecule has 2 heterocycles. The first kappa shape index (κ1) is 29.4. The number of halogens is 2. The summed E-state index contributed by atoms with van der Waals surface area (Å²) in [5.41, 5.74) is 4.72. The number of benzene rings is 3. The lowest BCUT2D eigenvalue weighted by atomic mass is 10.00. The second-order valence-corrected chi connectivity index (χ2v) is 10.0. The number of amides is 2. The van der Waals surface area contributed by atoms with Gasteiger partial charge in [0.05, 0.1) is 24.5 Å². The Hall–Kier alpha value is -5.13. The number of carbonyl (C=O) groups excluding carboxylic acids is 2. The Morgan fingerprint density at radius 3 is 2.51 bits per heavy atom. The molecule has 2 aromatic heterocycles. The minimum atomic E-state index is -0.575. The van der Waals surface area contributed by atoms with Crippen molar-refractivity contribution < 1.29 is 14.3 Å². The first-order chi connectivity index (χ1) is 20.9. The van der Waals surface area contributed by atoms with Gasteiger partial charge in [-0.25, -0.2) is 4.79 Å². The van der Waals surface area contributed by atoms with Crippen LogP contribution in [0.4, 0.5) is 10.5 Å². The number of anilines is 1. The molecule has 11 nitrogen and oxygen atoms in total. The second kappa shape index (κ2) is 13.7. The Morgan fingerprint density at radius 1 is 1.00 bits per heavy atom. The average Bonchev–Trinajstić information content (AvgIpc) is 3.56. The SMILES string of the molecule is COC(=O)Nc1ccc(-c2cc(C(Cc3ccccc3)NC(=O)C=Cc3cc(Cl)ccc3-n3cnnn3)nnc2Cl)cc1. The highest BCUT2D eigenvalue weighted by atomic mass is 35.5. The van der Waals surface area contributed by atoms with E-state index in [2.05, 4.69) is 41.1 Å². The molecule has 0 aliphatic heterocycles. The number of hydrogen-bond donors (Lipinski definition) is 2. The molecule has 5 aromatic rings. The van der Waals surface area contributed by atoms with Crippen molar-refractivity contribution >= 4 is 47.0 Å². The molecule has 43 heavy (non-hydrogen) atoms. The van der Waals surface area contributed by atoms with Crippen LogP contribution in [-0.4, -0.2) is 49.5 Å². The second-order valence-electron chi connectivity index (χ2n) is 9.21. The van der Waals surface area contributed by atoms with Crippen LogP contribution < -0.4 is 10.6 Å². The summed E-state index contributed by atoms with van der Waals surface area (Å²) in [5.74, 6) is -0.361. The van der Waals surface area contributed by atoms with Gasteiger partial charge in [-0.3, -0.25) is 10.1 Å². The van der Waals surface area contributed by atoms with Crippen LogP contribution in [0.25, 0.3) is 22.9 Å². The number of nitrogens with zero attached hydrogens (tertiary/aromatic N) is 6. The van der Waals surface area contributed by atoms with E-state index < -0.39 is 12.1 Å². The third-order valence-corrected chi connectivity index (χ3v) is 6.87. The largest absolute Gasteiger partial charge is 0.453 e. The molecule has 1 atom stereocenters. The zero-order valence-electron chi connectivity index (χ0n) is 22.7. The fourth-order valence-electron chi connectivity index (χ4n) is 4.27. The number of tetrazole rings is 1. The molecule has 2 N–H and O–H groups in total. The molecule has 1 unspecified atom stereocenters. The van der Waals surface area contributed by atoms with Crippen LogP contribution in [-0.2, 0) is 16.0 Å². The smallest absolute Gasteiger partial charge is 0.411 e. The van der Waals surface area contributed by atoms with Gasteiger partial charge in [0.1, 0.15) is 6.33 Å². The van der Waals surface area contributed by atoms with Gasteiger partial charge < -0.3 is 10.1 Å². The van der Waals surface area contributed by atoms with Crippen LogP contribution in [0.15, 0.2) is 91.3 Å². The lowest BCUT2D eigenvalue weighted by molar-refractivity contribution is -0.117. The van der Waals surface area contributed by atoms with E-state index in [1.165, 1.54) is 24.2 Å². The fourth-order valence-corrected chi connectivity index (χ4v) is 4.65. The van der Waals surface area contributed by atoms with Crippen molar-refractivity contribution in [3.05, 3.63) is 118 Å². The van der Waals surface area contributed by atoms with Gasteiger partial charge in [0.15, 0.2) is 5.15 Å². The molecule has 0 radical (unpaired) electrons. The van der Waals surface area contributed by atoms with Gasteiger partial charge in [0, 0.05) is 27.9 Å². The summed E-state index contributed by atoms with van der Waals surface area (Å²) in [5, 5.41) is 26.1. The monoisotopic (exact) mass is 614 g/mol. The van der Waals surface area contributed by atoms with Crippen molar-refractivity contribution in [2.24, 2.45) is 0 Å². The van der Waals surface area contributed by atoms with Crippen LogP contribution in [0.2, 0.25) is 10.2 Å². The Bertz CT molecular complexity index is 1750. The van der Waals surface area contributed by atoms with Crippen LogP contribution in [0.3, 0.4) is 0 Å². The summed E-state index contributed by atoms with van der Waals surface area (Å²) in [6.45, 7) is 0. The topological polar surface area (TPSA) is 137 Å². The molecular formula is C30H24Cl2N8O3. The van der Waals surface area contributed by atoms with E-state index in [1.54, 1.807) is 54.6 Å². The van der Waals surface area contributed by atoms with E-state index in [0.717, 1.165) is 11.1 Å². The highest BCUT2D eigenvalue weighted by molar-refractivity contribution is 6.32. The van der Waals surface area contributed by atoms with Crippen LogP contribution in [0.1, 0.15) is 22.9 Å². The Kier molecular flexibility index (Phi) is 9.35. The molecule has 0 saturated heterocycles. The fraction of sp³-hybridized carbons (Fsp3) is 0.100. The molecule has 13 heteroatoms. The minimum Gasteiger partial charge on any atom is -0.453 e. The maximum atomic E-state index is 13.2. The number of methoxy groups -OCH3 is 1. The van der Waals surface area contributed by atoms with Crippen molar-refractivity contribution in [2.45, 2.75) is 12.5 Å². The third kappa shape index (κ3) is 7.59. The van der Waals surface area contributed by atoms with E-state index in [-0.39, 0.29) is 11.1 Å². The van der Waals surface area contributed by atoms with Crippen molar-refractivity contribution in [1.29, 1.82) is 0 Å². The zero-order chi connectivity index (χ0) is 30.2. The average molecular weight is 615 g/mol. The highest BCUT2D eigenvalue weighted by Crippen LogP contribution is 2.30. The summed E-state index contributed by atoms with van der Waals surface area (Å²) in [4.78, 5) is 24.8. The summed E-state index contributed by atoms with van der Waals surface area (Å²) >= 11 is 12.7. The summed E-state index contributed by atoms with van der Waals surface area (Å²) in [7, 11) is 1.29. The third-order valence-electron chi connectivity index (χ3n) is 6.35. The van der Waals surface area contributed by atoms with Gasteiger partial charge in [-0.15, -0.1) is 10.2 Å². The van der Waals surface area contributed by atoms with Crippen molar-refractivity contribution in [2.75, 3.05) is 12.4 Å². The van der Waals surface area contributed by atoms with Gasteiger partial charge in [0.25, 0.3) is 0 Å². The van der Waals surface area contributed by atoms with E-state index in [9.17, 15) is 9.59 Å². The standard InChI is InChI=1S/C30H24Cl2N8O3/c1-43-30(42)34-23-11-7-20(8-12-23)24-17-26(36-37-29(24)32)25(15-19-5-3-2-4-6-19)35-28(41)14-9-21-16-22(31)10-13-27(21)40-18-33-38-39-40/h2-14,16-18,25H,15H2,1H3,(H,34,42)(H,35,41). The molecule has 0 aliphatic carbocycles. The lowest BCUT2D eigenvalue weighted by Gasteiger charge is -2.18. The van der Waals surface area contributed by atoms with E-state index in [4.69, 9.17) is 23.2 Å². The molecule has 216 valence electrons. The number of aromatic nitrogens is 6. The van der Waals surface area contributed by atoms with Crippen molar-refractivity contribution in [3.8, 4) is 16.8 Å². The highest BCUT2D eigenvalue weighted by Gasteiger charge is 2.19. The first-order valence-corrected chi connectivity index (χ1v) is 13.7. The molecule has 0 saturated carbocycles. The normalized spacial score (nSPS) is 11.7. The van der Waals surface area contributed by atoms with Gasteiger partial charge in [-0.1, -0.05) is 65.7 Å². The summed E-state index contributed by atoms with van der Waals surface area (Å²) in [6, 6.07) is 23.2. The number of carbonyl (C=O) groups is 2. The zero-order valence-corrected chi connectivity index (χ0v) is 24.2. The molecule has 0 aliphatic rings. The maximum Gasteiger partial charge on any atom is 0.411 e. The first-order valence-electron chi connectivity index (χ1n) is 12.9.